The van der Waals surface area contributed by atoms with Crippen molar-refractivity contribution in [3.05, 3.63) is 46.8 Å². The molecule has 1 aromatic carbocycles. The van der Waals surface area contributed by atoms with Crippen molar-refractivity contribution in [3.63, 3.8) is 0 Å². The molecule has 6 heteroatoms. The molecule has 0 saturated heterocycles. The number of likely N-dealkylation sites (N-methyl/N-ethyl adjacent to an activating group) is 1. The third kappa shape index (κ3) is 3.60. The van der Waals surface area contributed by atoms with Gasteiger partial charge in [-0.2, -0.15) is 0 Å². The molecule has 0 spiro atoms. The number of rotatable bonds is 5. The second-order valence-electron chi connectivity index (χ2n) is 5.61. The van der Waals surface area contributed by atoms with Gasteiger partial charge in [0.25, 0.3) is 0 Å². The predicted molar refractivity (Wildman–Crippen MR) is 89.8 cm³/mol. The van der Waals surface area contributed by atoms with Gasteiger partial charge in [-0.3, -0.25) is 9.59 Å². The molecule has 6 nitrogen and oxygen atoms in total. The van der Waals surface area contributed by atoms with Crippen LogP contribution in [0.15, 0.2) is 35.7 Å². The normalized spacial score (nSPS) is 14.4. The number of aryl methyl sites for hydroxylation is 2. The van der Waals surface area contributed by atoms with Crippen LogP contribution in [0.1, 0.15) is 11.1 Å². The van der Waals surface area contributed by atoms with Gasteiger partial charge in [0.15, 0.2) is 0 Å². The van der Waals surface area contributed by atoms with Crippen molar-refractivity contribution < 1.29 is 14.7 Å². The molecule has 0 aliphatic heterocycles. The summed E-state index contributed by atoms with van der Waals surface area (Å²) in [5, 5.41) is 12.0. The summed E-state index contributed by atoms with van der Waals surface area (Å²) in [6, 6.07) is 3.67. The van der Waals surface area contributed by atoms with E-state index < -0.39 is 0 Å². The molecule has 2 rings (SSSR count). The Morgan fingerprint density at radius 2 is 1.83 bits per heavy atom. The minimum Gasteiger partial charge on any atom is -0.399 e. The van der Waals surface area contributed by atoms with Crippen LogP contribution in [0.4, 0.5) is 11.4 Å². The van der Waals surface area contributed by atoms with E-state index in [0.717, 1.165) is 16.8 Å². The maximum atomic E-state index is 12.3. The van der Waals surface area contributed by atoms with Crippen molar-refractivity contribution >= 4 is 22.9 Å². The molecule has 0 amide bonds. The Morgan fingerprint density at radius 3 is 2.48 bits per heavy atom. The second-order valence-corrected chi connectivity index (χ2v) is 5.61. The number of anilines is 2. The van der Waals surface area contributed by atoms with Crippen molar-refractivity contribution in [2.75, 3.05) is 31.2 Å². The summed E-state index contributed by atoms with van der Waals surface area (Å²) in [7, 11) is 1.66. The smallest absolute Gasteiger partial charge is 0.204 e. The number of aliphatic hydroxyl groups excluding tert-OH is 1. The topological polar surface area (TPSA) is 95.7 Å². The predicted octanol–water partition coefficient (Wildman–Crippen LogP) is 1.14. The van der Waals surface area contributed by atoms with E-state index in [2.05, 4.69) is 5.32 Å². The van der Waals surface area contributed by atoms with E-state index in [1.54, 1.807) is 11.9 Å². The van der Waals surface area contributed by atoms with Gasteiger partial charge in [-0.25, -0.2) is 0 Å². The van der Waals surface area contributed by atoms with Gasteiger partial charge >= 0.3 is 0 Å². The van der Waals surface area contributed by atoms with Crippen molar-refractivity contribution in [2.24, 2.45) is 0 Å². The maximum absolute atomic E-state index is 12.3. The molecule has 0 bridgehead atoms. The average molecular weight is 315 g/mol. The highest BCUT2D eigenvalue weighted by Crippen LogP contribution is 2.25. The summed E-state index contributed by atoms with van der Waals surface area (Å²) >= 11 is 0. The zero-order valence-electron chi connectivity index (χ0n) is 13.5. The summed E-state index contributed by atoms with van der Waals surface area (Å²) < 4.78 is 0. The van der Waals surface area contributed by atoms with Crippen LogP contribution in [0.5, 0.6) is 0 Å². The van der Waals surface area contributed by atoms with E-state index >= 15 is 0 Å². The number of ketones is 2. The maximum Gasteiger partial charge on any atom is 0.204 e. The molecular weight excluding hydrogens is 294 g/mol. The molecule has 0 fully saturated rings. The lowest BCUT2D eigenvalue weighted by atomic mass is 10.0. The zero-order chi connectivity index (χ0) is 17.1. The number of nitrogens with zero attached hydrogens (tertiary/aromatic N) is 1. The van der Waals surface area contributed by atoms with Crippen LogP contribution in [0.3, 0.4) is 0 Å². The van der Waals surface area contributed by atoms with Crippen molar-refractivity contribution in [3.8, 4) is 0 Å². The second kappa shape index (κ2) is 6.66. The molecular formula is C17H21N3O3. The molecule has 1 aliphatic carbocycles. The lowest BCUT2D eigenvalue weighted by Crippen LogP contribution is -2.30. The summed E-state index contributed by atoms with van der Waals surface area (Å²) in [5.41, 5.74) is 9.56. The highest BCUT2D eigenvalue weighted by molar-refractivity contribution is 6.20. The van der Waals surface area contributed by atoms with E-state index in [4.69, 9.17) is 10.8 Å². The number of benzene rings is 1. The first-order valence-electron chi connectivity index (χ1n) is 7.31. The Bertz CT molecular complexity index is 720. The Labute approximate surface area is 135 Å². The van der Waals surface area contributed by atoms with E-state index in [0.29, 0.717) is 5.69 Å². The van der Waals surface area contributed by atoms with E-state index in [1.165, 1.54) is 12.2 Å². The SMILES string of the molecule is Cc1cc(NC2=CC(=O)C(N(C)CCO)=CC2=O)c(C)cc1N. The Hall–Kier alpha value is -2.60. The molecule has 0 unspecified atom stereocenters. The summed E-state index contributed by atoms with van der Waals surface area (Å²) in [6.45, 7) is 3.96. The first-order valence-corrected chi connectivity index (χ1v) is 7.31. The quantitative estimate of drug-likeness (QED) is 0.557. The fraction of sp³-hybridized carbons (Fsp3) is 0.294. The third-order valence-corrected chi connectivity index (χ3v) is 3.79. The van der Waals surface area contributed by atoms with Gasteiger partial charge in [-0.15, -0.1) is 0 Å². The lowest BCUT2D eigenvalue weighted by molar-refractivity contribution is -0.116. The molecule has 1 aromatic rings. The monoisotopic (exact) mass is 315 g/mol. The molecule has 0 atom stereocenters. The fourth-order valence-electron chi connectivity index (χ4n) is 2.33. The highest BCUT2D eigenvalue weighted by atomic mass is 16.3. The van der Waals surface area contributed by atoms with Crippen LogP contribution in [0, 0.1) is 13.8 Å². The van der Waals surface area contributed by atoms with Gasteiger partial charge in [-0.1, -0.05) is 0 Å². The zero-order valence-corrected chi connectivity index (χ0v) is 13.5. The first-order chi connectivity index (χ1) is 10.8. The van der Waals surface area contributed by atoms with Crippen molar-refractivity contribution in [2.45, 2.75) is 13.8 Å². The van der Waals surface area contributed by atoms with Crippen molar-refractivity contribution in [1.29, 1.82) is 0 Å². The average Bonchev–Trinajstić information content (AvgIpc) is 2.48. The lowest BCUT2D eigenvalue weighted by Gasteiger charge is -2.23. The number of nitrogen functional groups attached to an aromatic ring is 1. The van der Waals surface area contributed by atoms with Gasteiger partial charge in [0, 0.05) is 37.1 Å². The third-order valence-electron chi connectivity index (χ3n) is 3.79. The number of aliphatic hydroxyl groups is 1. The highest BCUT2D eigenvalue weighted by Gasteiger charge is 2.23. The first kappa shape index (κ1) is 16.8. The number of hydrogen-bond donors (Lipinski definition) is 3. The Kier molecular flexibility index (Phi) is 4.86. The number of allylic oxidation sites excluding steroid dienone is 2. The number of nitrogens with one attached hydrogen (secondary N) is 1. The van der Waals surface area contributed by atoms with Gasteiger partial charge in [0.1, 0.15) is 0 Å². The van der Waals surface area contributed by atoms with Crippen LogP contribution < -0.4 is 11.1 Å². The minimum absolute atomic E-state index is 0.0892. The van der Waals surface area contributed by atoms with Gasteiger partial charge in [0.05, 0.1) is 18.0 Å². The van der Waals surface area contributed by atoms with E-state index in [-0.39, 0.29) is 36.1 Å². The molecule has 122 valence electrons. The molecule has 4 N–H and O–H groups in total. The van der Waals surface area contributed by atoms with Crippen molar-refractivity contribution in [1.82, 2.24) is 4.90 Å². The summed E-state index contributed by atoms with van der Waals surface area (Å²) in [4.78, 5) is 26.0. The summed E-state index contributed by atoms with van der Waals surface area (Å²) in [5.74, 6) is -0.550. The number of nitrogens with two attached hydrogens (primary N) is 1. The van der Waals surface area contributed by atoms with Crippen LogP contribution >= 0.6 is 0 Å². The molecule has 0 heterocycles. The number of hydrogen-bond acceptors (Lipinski definition) is 6. The molecule has 0 saturated carbocycles. The van der Waals surface area contributed by atoms with Gasteiger partial charge < -0.3 is 21.1 Å². The fourth-order valence-corrected chi connectivity index (χ4v) is 2.33. The minimum atomic E-state index is -0.279. The standard InChI is InChI=1S/C17H21N3O3/c1-10-7-13(11(2)6-12(10)18)19-14-8-17(23)15(9-16(14)22)20(3)4-5-21/h6-9,19,21H,4-5,18H2,1-3H3. The van der Waals surface area contributed by atoms with E-state index in [9.17, 15) is 9.59 Å². The molecule has 23 heavy (non-hydrogen) atoms. The van der Waals surface area contributed by atoms with E-state index in [1.807, 2.05) is 26.0 Å². The van der Waals surface area contributed by atoms with Gasteiger partial charge in [-0.05, 0) is 37.1 Å². The number of carbonyl (C=O) groups is 2. The van der Waals surface area contributed by atoms with Crippen LogP contribution in [0.2, 0.25) is 0 Å². The largest absolute Gasteiger partial charge is 0.399 e. The molecule has 0 radical (unpaired) electrons. The molecule has 0 aromatic heterocycles. The van der Waals surface area contributed by atoms with Crippen LogP contribution in [-0.2, 0) is 9.59 Å². The number of carbonyl (C=O) groups excluding carboxylic acids is 2. The van der Waals surface area contributed by atoms with Crippen LogP contribution in [-0.4, -0.2) is 41.8 Å². The van der Waals surface area contributed by atoms with Crippen LogP contribution in [0.25, 0.3) is 0 Å². The Morgan fingerprint density at radius 1 is 1.13 bits per heavy atom. The summed E-state index contributed by atoms with van der Waals surface area (Å²) in [6.07, 6.45) is 2.58. The van der Waals surface area contributed by atoms with Gasteiger partial charge in [0.2, 0.25) is 11.6 Å². The Balaban J connectivity index is 2.24. The molecule has 1 aliphatic rings.